The summed E-state index contributed by atoms with van der Waals surface area (Å²) in [5.74, 6) is -4.87. The molecule has 1 aliphatic rings. The van der Waals surface area contributed by atoms with Gasteiger partial charge in [0.2, 0.25) is 9.84 Å². The van der Waals surface area contributed by atoms with Gasteiger partial charge in [0.1, 0.15) is 0 Å². The fourth-order valence-corrected chi connectivity index (χ4v) is 4.08. The molecule has 3 rings (SSSR count). The van der Waals surface area contributed by atoms with Crippen molar-refractivity contribution in [1.29, 1.82) is 0 Å². The number of carbonyl (C=O) groups excluding carboxylic acids is 2. The van der Waals surface area contributed by atoms with Crippen molar-refractivity contribution >= 4 is 21.7 Å². The van der Waals surface area contributed by atoms with E-state index in [0.29, 0.717) is 0 Å². The molecule has 0 bridgehead atoms. The second kappa shape index (κ2) is 8.91. The van der Waals surface area contributed by atoms with Gasteiger partial charge >= 0.3 is 11.7 Å². The van der Waals surface area contributed by atoms with Crippen LogP contribution in [0.1, 0.15) is 47.3 Å². The van der Waals surface area contributed by atoms with E-state index in [9.17, 15) is 26.8 Å². The van der Waals surface area contributed by atoms with Crippen LogP contribution in [-0.4, -0.2) is 32.2 Å². The number of carbonyl (C=O) groups is 2. The van der Waals surface area contributed by atoms with Gasteiger partial charge in [-0.3, -0.25) is 4.79 Å². The van der Waals surface area contributed by atoms with Gasteiger partial charge in [-0.2, -0.15) is 8.78 Å². The smallest absolute Gasteiger partial charge is 0.341 e. The molecule has 0 radical (unpaired) electrons. The topological polar surface area (TPSA) is 89.5 Å². The molecule has 0 aromatic heterocycles. The predicted octanol–water partition coefficient (Wildman–Crippen LogP) is 3.42. The van der Waals surface area contributed by atoms with Crippen LogP contribution in [-0.2, 0) is 25.8 Å². The molecule has 160 valence electrons. The van der Waals surface area contributed by atoms with E-state index in [-0.39, 0.29) is 11.6 Å². The monoisotopic (exact) mass is 437 g/mol. The third-order valence-electron chi connectivity index (χ3n) is 4.99. The number of ether oxygens (including phenoxy) is 1. The molecule has 0 fully saturated rings. The van der Waals surface area contributed by atoms with Gasteiger partial charge in [-0.25, -0.2) is 13.2 Å². The van der Waals surface area contributed by atoms with Crippen molar-refractivity contribution in [3.63, 3.8) is 0 Å². The fourth-order valence-electron chi connectivity index (χ4n) is 3.36. The lowest BCUT2D eigenvalue weighted by Crippen LogP contribution is -2.39. The largest absolute Gasteiger partial charge is 0.449 e. The van der Waals surface area contributed by atoms with Crippen molar-refractivity contribution in [3.8, 4) is 0 Å². The molecule has 0 saturated carbocycles. The SMILES string of the molecule is C[C@H](OC(=O)c1ccc(S(=O)(=O)C(F)F)cc1)C(=O)N[C@H]1CCCc2ccccc21. The number of nitrogens with one attached hydrogen (secondary N) is 1. The van der Waals surface area contributed by atoms with Crippen LogP contribution in [0.5, 0.6) is 0 Å². The molecule has 0 spiro atoms. The Morgan fingerprint density at radius 2 is 1.77 bits per heavy atom. The van der Waals surface area contributed by atoms with E-state index in [1.807, 2.05) is 24.3 Å². The summed E-state index contributed by atoms with van der Waals surface area (Å²) in [6, 6.07) is 11.6. The summed E-state index contributed by atoms with van der Waals surface area (Å²) >= 11 is 0. The molecular formula is C21H21F2NO5S. The van der Waals surface area contributed by atoms with E-state index < -0.39 is 38.5 Å². The molecule has 1 amide bonds. The quantitative estimate of drug-likeness (QED) is 0.700. The van der Waals surface area contributed by atoms with Gasteiger partial charge < -0.3 is 10.1 Å². The van der Waals surface area contributed by atoms with Crippen LogP contribution < -0.4 is 5.32 Å². The maximum Gasteiger partial charge on any atom is 0.341 e. The van der Waals surface area contributed by atoms with Crippen molar-refractivity contribution in [2.75, 3.05) is 0 Å². The zero-order valence-corrected chi connectivity index (χ0v) is 17.0. The molecule has 0 saturated heterocycles. The van der Waals surface area contributed by atoms with E-state index >= 15 is 0 Å². The van der Waals surface area contributed by atoms with Crippen LogP contribution in [0.15, 0.2) is 53.4 Å². The van der Waals surface area contributed by atoms with E-state index in [0.717, 1.165) is 49.1 Å². The number of aryl methyl sites for hydroxylation is 1. The fraction of sp³-hybridized carbons (Fsp3) is 0.333. The van der Waals surface area contributed by atoms with Gasteiger partial charge in [-0.05, 0) is 61.6 Å². The summed E-state index contributed by atoms with van der Waals surface area (Å²) < 4.78 is 53.2. The first-order chi connectivity index (χ1) is 14.2. The Morgan fingerprint density at radius 1 is 1.10 bits per heavy atom. The lowest BCUT2D eigenvalue weighted by Gasteiger charge is -2.27. The highest BCUT2D eigenvalue weighted by Gasteiger charge is 2.28. The van der Waals surface area contributed by atoms with E-state index in [1.165, 1.54) is 12.5 Å². The second-order valence-electron chi connectivity index (χ2n) is 7.03. The number of hydrogen-bond donors (Lipinski definition) is 1. The van der Waals surface area contributed by atoms with Gasteiger partial charge in [0.05, 0.1) is 16.5 Å². The Hall–Kier alpha value is -2.81. The Bertz CT molecular complexity index is 1040. The number of rotatable bonds is 6. The molecule has 6 nitrogen and oxygen atoms in total. The summed E-state index contributed by atoms with van der Waals surface area (Å²) in [5, 5.41) is 2.89. The maximum absolute atomic E-state index is 12.6. The van der Waals surface area contributed by atoms with E-state index in [4.69, 9.17) is 4.74 Å². The molecule has 0 heterocycles. The average Bonchev–Trinajstić information content (AvgIpc) is 2.73. The highest BCUT2D eigenvalue weighted by molar-refractivity contribution is 7.91. The second-order valence-corrected chi connectivity index (χ2v) is 8.95. The minimum Gasteiger partial charge on any atom is -0.449 e. The maximum atomic E-state index is 12.6. The van der Waals surface area contributed by atoms with E-state index in [2.05, 4.69) is 5.32 Å². The molecular weight excluding hydrogens is 416 g/mol. The number of hydrogen-bond acceptors (Lipinski definition) is 5. The standard InChI is InChI=1S/C21H21F2NO5S/c1-13(19(25)24-18-8-4-6-14-5-2-3-7-17(14)18)29-20(26)15-9-11-16(12-10-15)30(27,28)21(22)23/h2-3,5,7,9-13,18,21H,4,6,8H2,1H3,(H,24,25)/t13-,18-/m0/s1. The Morgan fingerprint density at radius 3 is 2.43 bits per heavy atom. The van der Waals surface area contributed by atoms with Gasteiger partial charge in [0.25, 0.3) is 5.91 Å². The first-order valence-corrected chi connectivity index (χ1v) is 11.0. The molecule has 30 heavy (non-hydrogen) atoms. The highest BCUT2D eigenvalue weighted by Crippen LogP contribution is 2.29. The Balaban J connectivity index is 1.63. The lowest BCUT2D eigenvalue weighted by molar-refractivity contribution is -0.130. The third-order valence-corrected chi connectivity index (χ3v) is 6.39. The van der Waals surface area contributed by atoms with Crippen molar-refractivity contribution in [3.05, 3.63) is 65.2 Å². The zero-order valence-electron chi connectivity index (χ0n) is 16.2. The molecule has 2 aromatic rings. The van der Waals surface area contributed by atoms with Gasteiger partial charge in [-0.15, -0.1) is 0 Å². The molecule has 0 aliphatic heterocycles. The zero-order chi connectivity index (χ0) is 21.9. The summed E-state index contributed by atoms with van der Waals surface area (Å²) in [6.07, 6.45) is 1.58. The van der Waals surface area contributed by atoms with Crippen LogP contribution in [0.25, 0.3) is 0 Å². The van der Waals surface area contributed by atoms with Crippen molar-refractivity contribution in [1.82, 2.24) is 5.32 Å². The van der Waals surface area contributed by atoms with Crippen LogP contribution in [0.2, 0.25) is 0 Å². The molecule has 9 heteroatoms. The van der Waals surface area contributed by atoms with Crippen LogP contribution in [0, 0.1) is 0 Å². The minimum absolute atomic E-state index is 0.0501. The van der Waals surface area contributed by atoms with E-state index in [1.54, 1.807) is 0 Å². The molecule has 1 N–H and O–H groups in total. The summed E-state index contributed by atoms with van der Waals surface area (Å²) in [4.78, 5) is 24.1. The number of sulfone groups is 1. The van der Waals surface area contributed by atoms with Crippen molar-refractivity contribution < 1.29 is 31.5 Å². The van der Waals surface area contributed by atoms with Gasteiger partial charge in [0.15, 0.2) is 6.10 Å². The summed E-state index contributed by atoms with van der Waals surface area (Å²) in [6.45, 7) is 1.43. The first kappa shape index (κ1) is 21.9. The number of esters is 1. The van der Waals surface area contributed by atoms with Crippen LogP contribution in [0.3, 0.4) is 0 Å². The molecule has 1 aliphatic carbocycles. The summed E-state index contributed by atoms with van der Waals surface area (Å²) in [7, 11) is -4.75. The Labute approximate surface area is 173 Å². The molecule has 0 unspecified atom stereocenters. The third kappa shape index (κ3) is 4.67. The predicted molar refractivity (Wildman–Crippen MR) is 105 cm³/mol. The van der Waals surface area contributed by atoms with Crippen molar-refractivity contribution in [2.24, 2.45) is 0 Å². The average molecular weight is 437 g/mol. The number of alkyl halides is 2. The number of amides is 1. The van der Waals surface area contributed by atoms with Gasteiger partial charge in [0, 0.05) is 0 Å². The first-order valence-electron chi connectivity index (χ1n) is 9.41. The van der Waals surface area contributed by atoms with Gasteiger partial charge in [-0.1, -0.05) is 24.3 Å². The van der Waals surface area contributed by atoms with Crippen LogP contribution >= 0.6 is 0 Å². The van der Waals surface area contributed by atoms with Crippen LogP contribution in [0.4, 0.5) is 8.78 Å². The molecule has 2 atom stereocenters. The normalized spacial score (nSPS) is 17.1. The number of benzene rings is 2. The summed E-state index contributed by atoms with van der Waals surface area (Å²) in [5.41, 5.74) is 2.18. The lowest BCUT2D eigenvalue weighted by atomic mass is 9.87. The minimum atomic E-state index is -4.75. The molecule has 2 aromatic carbocycles. The van der Waals surface area contributed by atoms with Crippen molar-refractivity contribution in [2.45, 2.75) is 49.0 Å². The Kier molecular flexibility index (Phi) is 6.50. The number of fused-ring (bicyclic) bond motifs is 1. The number of halogens is 2. The highest BCUT2D eigenvalue weighted by atomic mass is 32.2.